The highest BCUT2D eigenvalue weighted by atomic mass is 16.6. The van der Waals surface area contributed by atoms with Gasteiger partial charge < -0.3 is 36.6 Å². The van der Waals surface area contributed by atoms with E-state index in [4.69, 9.17) is 10.5 Å². The van der Waals surface area contributed by atoms with Gasteiger partial charge in [0, 0.05) is 19.1 Å². The smallest absolute Gasteiger partial charge is 0.407 e. The van der Waals surface area contributed by atoms with Crippen LogP contribution in [0.1, 0.15) is 86.5 Å². The highest BCUT2D eigenvalue weighted by molar-refractivity contribution is 6.37. The molecule has 0 radical (unpaired) electrons. The second kappa shape index (κ2) is 15.0. The van der Waals surface area contributed by atoms with Gasteiger partial charge >= 0.3 is 12.1 Å². The first-order valence-corrected chi connectivity index (χ1v) is 14.6. The Bertz CT molecular complexity index is 975. The molecule has 1 heterocycles. The van der Waals surface area contributed by atoms with E-state index in [1.54, 1.807) is 13.8 Å². The predicted octanol–water partition coefficient (Wildman–Crippen LogP) is 1.33. The van der Waals surface area contributed by atoms with Gasteiger partial charge in [-0.05, 0) is 50.9 Å². The molecular formula is C28H48N6O7. The maximum atomic E-state index is 13.8. The molecule has 13 nitrogen and oxygen atoms in total. The fourth-order valence-electron chi connectivity index (χ4n) is 4.97. The van der Waals surface area contributed by atoms with Crippen molar-refractivity contribution in [3.63, 3.8) is 0 Å². The van der Waals surface area contributed by atoms with Gasteiger partial charge in [0.15, 0.2) is 0 Å². The van der Waals surface area contributed by atoms with E-state index in [-0.39, 0.29) is 18.6 Å². The van der Waals surface area contributed by atoms with E-state index in [9.17, 15) is 28.8 Å². The summed E-state index contributed by atoms with van der Waals surface area (Å²) in [5.74, 6) is -2.65. The third-order valence-electron chi connectivity index (χ3n) is 7.56. The molecule has 4 unspecified atom stereocenters. The number of carbonyl (C=O) groups excluding carboxylic acids is 6. The van der Waals surface area contributed by atoms with Crippen molar-refractivity contribution < 1.29 is 33.5 Å². The van der Waals surface area contributed by atoms with Crippen molar-refractivity contribution in [2.24, 2.45) is 17.1 Å². The maximum absolute atomic E-state index is 13.8. The summed E-state index contributed by atoms with van der Waals surface area (Å²) in [5, 5.41) is 10.8. The molecule has 1 saturated carbocycles. The summed E-state index contributed by atoms with van der Waals surface area (Å²) in [6, 6.07) is -3.84. The monoisotopic (exact) mass is 580 g/mol. The van der Waals surface area contributed by atoms with Gasteiger partial charge in [-0.15, -0.1) is 0 Å². The summed E-state index contributed by atoms with van der Waals surface area (Å²) in [6.07, 6.45) is 3.82. The number of ketones is 1. The Kier molecular flexibility index (Phi) is 12.4. The van der Waals surface area contributed by atoms with Crippen LogP contribution in [-0.2, 0) is 23.9 Å². The van der Waals surface area contributed by atoms with Crippen molar-refractivity contribution in [1.29, 1.82) is 0 Å². The van der Waals surface area contributed by atoms with Crippen LogP contribution >= 0.6 is 0 Å². The van der Waals surface area contributed by atoms with Crippen LogP contribution < -0.4 is 27.0 Å². The Morgan fingerprint density at radius 3 is 2.15 bits per heavy atom. The molecule has 0 bridgehead atoms. The lowest BCUT2D eigenvalue weighted by molar-refractivity contribution is -0.143. The van der Waals surface area contributed by atoms with Gasteiger partial charge in [0.2, 0.25) is 17.6 Å². The van der Waals surface area contributed by atoms with Crippen LogP contribution in [-0.4, -0.2) is 83.9 Å². The number of nitrogens with zero attached hydrogens (tertiary/aromatic N) is 1. The molecule has 6 amide bonds. The van der Waals surface area contributed by atoms with Gasteiger partial charge in [-0.25, -0.2) is 9.59 Å². The summed E-state index contributed by atoms with van der Waals surface area (Å²) in [6.45, 7) is 11.2. The number of rotatable bonds is 13. The van der Waals surface area contributed by atoms with E-state index in [1.165, 1.54) is 4.90 Å². The van der Waals surface area contributed by atoms with Gasteiger partial charge in [0.05, 0.1) is 12.1 Å². The number of likely N-dealkylation sites (tertiary alicyclic amines) is 1. The fraction of sp³-hybridized carbons (Fsp3) is 0.786. The number of primary amides is 1. The number of amides is 6. The maximum Gasteiger partial charge on any atom is 0.407 e. The first-order chi connectivity index (χ1) is 19.1. The summed E-state index contributed by atoms with van der Waals surface area (Å²) < 4.78 is 5.05. The molecule has 0 aromatic heterocycles. The van der Waals surface area contributed by atoms with E-state index in [0.29, 0.717) is 32.2 Å². The number of ether oxygens (including phenoxy) is 1. The zero-order valence-electron chi connectivity index (χ0n) is 25.2. The molecule has 0 aromatic rings. The second-order valence-corrected chi connectivity index (χ2v) is 12.4. The molecule has 232 valence electrons. The average molecular weight is 581 g/mol. The third kappa shape index (κ3) is 10.2. The zero-order valence-corrected chi connectivity index (χ0v) is 25.2. The van der Waals surface area contributed by atoms with Crippen LogP contribution in [0.5, 0.6) is 0 Å². The Labute approximate surface area is 242 Å². The summed E-state index contributed by atoms with van der Waals surface area (Å²) in [5.41, 5.74) is 4.53. The Hall–Kier alpha value is -3.38. The lowest BCUT2D eigenvalue weighted by Gasteiger charge is -2.36. The second-order valence-electron chi connectivity index (χ2n) is 12.4. The van der Waals surface area contributed by atoms with E-state index < -0.39 is 65.2 Å². The number of carbonyl (C=O) groups is 6. The molecule has 2 fully saturated rings. The molecule has 41 heavy (non-hydrogen) atoms. The first-order valence-electron chi connectivity index (χ1n) is 14.6. The van der Waals surface area contributed by atoms with Crippen molar-refractivity contribution in [2.75, 3.05) is 13.1 Å². The quantitative estimate of drug-likeness (QED) is 0.203. The van der Waals surface area contributed by atoms with Crippen molar-refractivity contribution in [2.45, 2.75) is 117 Å². The zero-order chi connectivity index (χ0) is 30.9. The molecule has 0 spiro atoms. The molecule has 6 N–H and O–H groups in total. The number of Topliss-reactive ketones (excluding diaryl/α,β-unsaturated/α-hetero) is 1. The summed E-state index contributed by atoms with van der Waals surface area (Å²) in [4.78, 5) is 77.3. The molecule has 4 atom stereocenters. The van der Waals surface area contributed by atoms with E-state index >= 15 is 0 Å². The number of alkyl carbamates (subject to hydrolysis) is 1. The molecule has 1 aliphatic heterocycles. The number of hydrogen-bond donors (Lipinski definition) is 5. The van der Waals surface area contributed by atoms with Gasteiger partial charge in [-0.1, -0.05) is 47.0 Å². The van der Waals surface area contributed by atoms with Crippen LogP contribution in [0.3, 0.4) is 0 Å². The average Bonchev–Trinajstić information content (AvgIpc) is 3.34. The molecular weight excluding hydrogens is 532 g/mol. The van der Waals surface area contributed by atoms with E-state index in [0.717, 1.165) is 19.3 Å². The lowest BCUT2D eigenvalue weighted by atomic mass is 9.80. The molecule has 1 aliphatic carbocycles. The van der Waals surface area contributed by atoms with Crippen molar-refractivity contribution in [3.05, 3.63) is 0 Å². The number of hydrogen-bond acceptors (Lipinski definition) is 7. The predicted molar refractivity (Wildman–Crippen MR) is 151 cm³/mol. The van der Waals surface area contributed by atoms with Crippen molar-refractivity contribution in [3.8, 4) is 0 Å². The normalized spacial score (nSPS) is 19.4. The number of urea groups is 1. The highest BCUT2D eigenvalue weighted by Gasteiger charge is 2.43. The van der Waals surface area contributed by atoms with Gasteiger partial charge in [-0.2, -0.15) is 0 Å². The Balaban J connectivity index is 2.08. The first kappa shape index (κ1) is 33.8. The minimum Gasteiger partial charge on any atom is -0.447 e. The molecule has 13 heteroatoms. The van der Waals surface area contributed by atoms with Crippen LogP contribution in [0.25, 0.3) is 0 Å². The number of nitrogens with two attached hydrogens (primary N) is 1. The van der Waals surface area contributed by atoms with Crippen molar-refractivity contribution in [1.82, 2.24) is 26.2 Å². The topological polar surface area (TPSA) is 189 Å². The van der Waals surface area contributed by atoms with Crippen molar-refractivity contribution >= 4 is 35.6 Å². The molecule has 1 saturated heterocycles. The molecule has 2 aliphatic rings. The largest absolute Gasteiger partial charge is 0.447 e. The Morgan fingerprint density at radius 1 is 0.976 bits per heavy atom. The fourth-order valence-corrected chi connectivity index (χ4v) is 4.97. The van der Waals surface area contributed by atoms with Crippen LogP contribution in [0, 0.1) is 11.3 Å². The minimum atomic E-state index is -1.10. The third-order valence-corrected chi connectivity index (χ3v) is 7.56. The van der Waals surface area contributed by atoms with Crippen LogP contribution in [0.2, 0.25) is 0 Å². The Morgan fingerprint density at radius 2 is 1.63 bits per heavy atom. The molecule has 2 rings (SSSR count). The van der Waals surface area contributed by atoms with Gasteiger partial charge in [0.1, 0.15) is 12.1 Å². The van der Waals surface area contributed by atoms with Gasteiger partial charge in [0.25, 0.3) is 5.91 Å². The van der Waals surface area contributed by atoms with Crippen LogP contribution in [0.4, 0.5) is 9.59 Å². The standard InChI is InChI=1S/C28H48N6O7/c1-7-18(15-30-27(40)41-16(2)3)31-26(39)33-22(28(4,5)6)25(38)34-13-9-12-20(34)24(37)32-19(21(35)23(29)36)14-17-10-8-11-17/h16-20,22H,7-15H2,1-6H3,(H2,29,36)(H,30,40)(H,32,37)(H2,31,33,39). The van der Waals surface area contributed by atoms with Crippen LogP contribution in [0.15, 0.2) is 0 Å². The number of nitrogens with one attached hydrogen (secondary N) is 4. The lowest BCUT2D eigenvalue weighted by Crippen LogP contribution is -2.61. The highest BCUT2D eigenvalue weighted by Crippen LogP contribution is 2.31. The molecule has 0 aromatic carbocycles. The van der Waals surface area contributed by atoms with E-state index in [1.807, 2.05) is 27.7 Å². The minimum absolute atomic E-state index is 0.143. The summed E-state index contributed by atoms with van der Waals surface area (Å²) >= 11 is 0. The summed E-state index contributed by atoms with van der Waals surface area (Å²) in [7, 11) is 0. The van der Waals surface area contributed by atoms with E-state index in [2.05, 4.69) is 21.3 Å². The SMILES string of the molecule is CCC(CNC(=O)OC(C)C)NC(=O)NC(C(=O)N1CCCC1C(=O)NC(CC1CCC1)C(=O)C(N)=O)C(C)(C)C. The van der Waals surface area contributed by atoms with Gasteiger partial charge in [-0.3, -0.25) is 19.2 Å².